The van der Waals surface area contributed by atoms with E-state index in [1.165, 1.54) is 0 Å². The van der Waals surface area contributed by atoms with Gasteiger partial charge in [0.2, 0.25) is 0 Å². The van der Waals surface area contributed by atoms with Gasteiger partial charge in [-0.2, -0.15) is 0 Å². The van der Waals surface area contributed by atoms with Crippen LogP contribution in [0.3, 0.4) is 0 Å². The number of aromatic carboxylic acids is 2. The zero-order chi connectivity index (χ0) is 20.2. The van der Waals surface area contributed by atoms with Crippen molar-refractivity contribution in [3.8, 4) is 0 Å². The minimum absolute atomic E-state index is 0.125. The highest BCUT2D eigenvalue weighted by atomic mass is 16.4. The molecule has 26 heavy (non-hydrogen) atoms. The van der Waals surface area contributed by atoms with Gasteiger partial charge < -0.3 is 30.6 Å². The van der Waals surface area contributed by atoms with Crippen LogP contribution in [0.2, 0.25) is 0 Å². The molecule has 0 atom stereocenters. The standard InChI is InChI=1S/2C7H6O2.2C2H6O2/c2*8-7(9)6-4-2-1-3-5-6;2*3-1-2-4/h2*1-5H,(H,8,9);2*3-4H,1-2H2. The van der Waals surface area contributed by atoms with Crippen molar-refractivity contribution in [2.24, 2.45) is 0 Å². The first-order valence-corrected chi connectivity index (χ1v) is 7.44. The second-order valence-electron chi connectivity index (χ2n) is 4.24. The van der Waals surface area contributed by atoms with E-state index in [-0.39, 0.29) is 26.4 Å². The van der Waals surface area contributed by atoms with Gasteiger partial charge in [-0.1, -0.05) is 36.4 Å². The molecule has 8 nitrogen and oxygen atoms in total. The Morgan fingerprint density at radius 3 is 0.885 bits per heavy atom. The van der Waals surface area contributed by atoms with Crippen molar-refractivity contribution < 1.29 is 40.2 Å². The molecule has 0 spiro atoms. The monoisotopic (exact) mass is 368 g/mol. The fraction of sp³-hybridized carbons (Fsp3) is 0.222. The maximum absolute atomic E-state index is 10.2. The molecule has 0 fully saturated rings. The van der Waals surface area contributed by atoms with Gasteiger partial charge in [-0.3, -0.25) is 0 Å². The van der Waals surface area contributed by atoms with Gasteiger partial charge in [-0.05, 0) is 24.3 Å². The van der Waals surface area contributed by atoms with Gasteiger partial charge in [0.15, 0.2) is 0 Å². The average Bonchev–Trinajstić information content (AvgIpc) is 2.70. The Morgan fingerprint density at radius 2 is 0.769 bits per heavy atom. The lowest BCUT2D eigenvalue weighted by Crippen LogP contribution is -1.93. The Balaban J connectivity index is 0. The summed E-state index contributed by atoms with van der Waals surface area (Å²) in [5.41, 5.74) is 0.662. The second-order valence-corrected chi connectivity index (χ2v) is 4.24. The van der Waals surface area contributed by atoms with Crippen LogP contribution in [0.1, 0.15) is 20.7 Å². The summed E-state index contributed by atoms with van der Waals surface area (Å²) >= 11 is 0. The molecule has 0 saturated heterocycles. The van der Waals surface area contributed by atoms with E-state index < -0.39 is 11.9 Å². The average molecular weight is 368 g/mol. The predicted molar refractivity (Wildman–Crippen MR) is 95.1 cm³/mol. The molecule has 0 aliphatic heterocycles. The van der Waals surface area contributed by atoms with Crippen LogP contribution < -0.4 is 0 Å². The van der Waals surface area contributed by atoms with Gasteiger partial charge >= 0.3 is 11.9 Å². The van der Waals surface area contributed by atoms with E-state index in [1.54, 1.807) is 60.7 Å². The number of aliphatic hydroxyl groups excluding tert-OH is 4. The van der Waals surface area contributed by atoms with E-state index in [4.69, 9.17) is 30.6 Å². The Morgan fingerprint density at radius 1 is 0.538 bits per heavy atom. The zero-order valence-electron chi connectivity index (χ0n) is 14.1. The van der Waals surface area contributed by atoms with Gasteiger partial charge in [-0.25, -0.2) is 9.59 Å². The van der Waals surface area contributed by atoms with Crippen molar-refractivity contribution in [3.05, 3.63) is 71.8 Å². The van der Waals surface area contributed by atoms with E-state index in [0.29, 0.717) is 11.1 Å². The molecule has 2 aromatic carbocycles. The Labute approximate surface area is 151 Å². The van der Waals surface area contributed by atoms with Crippen molar-refractivity contribution in [2.45, 2.75) is 0 Å². The molecule has 0 unspecified atom stereocenters. The Bertz CT molecular complexity index is 515. The Kier molecular flexibility index (Phi) is 18.2. The van der Waals surface area contributed by atoms with Crippen LogP contribution in [0.4, 0.5) is 0 Å². The maximum atomic E-state index is 10.2. The number of carbonyl (C=O) groups is 2. The SMILES string of the molecule is O=C(O)c1ccccc1.O=C(O)c1ccccc1.OCCO.OCCO. The Hall–Kier alpha value is -2.78. The van der Waals surface area contributed by atoms with Crippen LogP contribution >= 0.6 is 0 Å². The van der Waals surface area contributed by atoms with Crippen molar-refractivity contribution in [2.75, 3.05) is 26.4 Å². The molecule has 0 aromatic heterocycles. The highest BCUT2D eigenvalue weighted by molar-refractivity contribution is 5.87. The molecule has 2 aromatic rings. The maximum Gasteiger partial charge on any atom is 0.335 e. The fourth-order valence-corrected chi connectivity index (χ4v) is 1.16. The molecule has 0 aliphatic rings. The van der Waals surface area contributed by atoms with Crippen LogP contribution in [0.25, 0.3) is 0 Å². The van der Waals surface area contributed by atoms with E-state index in [2.05, 4.69) is 0 Å². The zero-order valence-corrected chi connectivity index (χ0v) is 14.1. The number of benzene rings is 2. The number of carboxylic acid groups (broad SMARTS) is 2. The number of hydrogen-bond donors (Lipinski definition) is 6. The lowest BCUT2D eigenvalue weighted by atomic mass is 10.2. The number of rotatable bonds is 4. The van der Waals surface area contributed by atoms with E-state index in [1.807, 2.05) is 0 Å². The third-order valence-corrected chi connectivity index (χ3v) is 2.24. The lowest BCUT2D eigenvalue weighted by Gasteiger charge is -1.88. The van der Waals surface area contributed by atoms with Gasteiger partial charge in [0.25, 0.3) is 0 Å². The lowest BCUT2D eigenvalue weighted by molar-refractivity contribution is 0.0686. The van der Waals surface area contributed by atoms with Crippen molar-refractivity contribution in [3.63, 3.8) is 0 Å². The molecular weight excluding hydrogens is 344 g/mol. The highest BCUT2D eigenvalue weighted by Gasteiger charge is 1.97. The van der Waals surface area contributed by atoms with Gasteiger partial charge in [0.05, 0.1) is 37.6 Å². The molecule has 0 heterocycles. The summed E-state index contributed by atoms with van der Waals surface area (Å²) in [6, 6.07) is 16.6. The molecule has 6 N–H and O–H groups in total. The topological polar surface area (TPSA) is 156 Å². The third kappa shape index (κ3) is 16.1. The first-order valence-electron chi connectivity index (χ1n) is 7.44. The van der Waals surface area contributed by atoms with Crippen molar-refractivity contribution in [1.82, 2.24) is 0 Å². The van der Waals surface area contributed by atoms with E-state index >= 15 is 0 Å². The largest absolute Gasteiger partial charge is 0.478 e. The predicted octanol–water partition coefficient (Wildman–Crippen LogP) is 0.712. The fourth-order valence-electron chi connectivity index (χ4n) is 1.16. The molecule has 0 radical (unpaired) electrons. The minimum atomic E-state index is -0.879. The van der Waals surface area contributed by atoms with Crippen LogP contribution in [0, 0.1) is 0 Å². The summed E-state index contributed by atoms with van der Waals surface area (Å²) in [5, 5.41) is 47.3. The molecule has 0 saturated carbocycles. The molecule has 144 valence electrons. The second kappa shape index (κ2) is 18.6. The summed E-state index contributed by atoms with van der Waals surface area (Å²) in [4.78, 5) is 20.4. The van der Waals surface area contributed by atoms with Gasteiger partial charge in [0, 0.05) is 0 Å². The molecule has 0 amide bonds. The molecule has 2 rings (SSSR count). The summed E-state index contributed by atoms with van der Waals surface area (Å²) < 4.78 is 0. The number of aliphatic hydroxyl groups is 4. The normalized spacial score (nSPS) is 8.46. The van der Waals surface area contributed by atoms with Crippen molar-refractivity contribution in [1.29, 1.82) is 0 Å². The van der Waals surface area contributed by atoms with Gasteiger partial charge in [-0.15, -0.1) is 0 Å². The van der Waals surface area contributed by atoms with Crippen LogP contribution in [0.5, 0.6) is 0 Å². The molecule has 8 heteroatoms. The van der Waals surface area contributed by atoms with E-state index in [0.717, 1.165) is 0 Å². The van der Waals surface area contributed by atoms with Crippen LogP contribution in [0.15, 0.2) is 60.7 Å². The summed E-state index contributed by atoms with van der Waals surface area (Å²) in [5.74, 6) is -1.76. The van der Waals surface area contributed by atoms with Crippen LogP contribution in [-0.2, 0) is 0 Å². The quantitative estimate of drug-likeness (QED) is 0.461. The summed E-state index contributed by atoms with van der Waals surface area (Å²) in [6.07, 6.45) is 0. The van der Waals surface area contributed by atoms with Crippen molar-refractivity contribution >= 4 is 11.9 Å². The minimum Gasteiger partial charge on any atom is -0.478 e. The number of hydrogen-bond acceptors (Lipinski definition) is 6. The number of carboxylic acids is 2. The molecular formula is C18H24O8. The smallest absolute Gasteiger partial charge is 0.335 e. The molecule has 0 bridgehead atoms. The third-order valence-electron chi connectivity index (χ3n) is 2.24. The first kappa shape index (κ1) is 25.5. The summed E-state index contributed by atoms with van der Waals surface area (Å²) in [7, 11) is 0. The highest BCUT2D eigenvalue weighted by Crippen LogP contribution is 1.96. The van der Waals surface area contributed by atoms with Crippen LogP contribution in [-0.4, -0.2) is 69.0 Å². The molecule has 0 aliphatic carbocycles. The van der Waals surface area contributed by atoms with Gasteiger partial charge in [0.1, 0.15) is 0 Å². The van der Waals surface area contributed by atoms with E-state index in [9.17, 15) is 9.59 Å². The first-order chi connectivity index (χ1) is 12.4. The summed E-state index contributed by atoms with van der Waals surface area (Å²) in [6.45, 7) is -0.500.